The average Bonchev–Trinajstić information content (AvgIpc) is 2.96. The van der Waals surface area contributed by atoms with E-state index < -0.39 is 15.1 Å². The SMILES string of the molecule is COc1cc(C(=O)N[C@H]2CC[C@H](NC(C)=O)CC2)ccc1Nc1nc(N)c(Cl)c(Nc2ccccc2S(=O)(=O)C(C)C)n1. The topological polar surface area (TPSA) is 177 Å². The molecule has 0 spiro atoms. The number of benzene rings is 2. The molecule has 0 saturated heterocycles. The minimum absolute atomic E-state index is 0.0123. The molecule has 12 nitrogen and oxygen atoms in total. The van der Waals surface area contributed by atoms with E-state index in [0.717, 1.165) is 25.7 Å². The number of para-hydroxylation sites is 1. The van der Waals surface area contributed by atoms with Gasteiger partial charge in [-0.25, -0.2) is 8.42 Å². The number of carbonyl (C=O) groups is 2. The molecule has 0 unspecified atom stereocenters. The van der Waals surface area contributed by atoms with Gasteiger partial charge in [0.15, 0.2) is 15.7 Å². The van der Waals surface area contributed by atoms with Crippen LogP contribution in [0.5, 0.6) is 5.75 Å². The quantitative estimate of drug-likeness (QED) is 0.213. The highest BCUT2D eigenvalue weighted by molar-refractivity contribution is 7.92. The molecule has 0 atom stereocenters. The molecule has 1 saturated carbocycles. The second kappa shape index (κ2) is 13.5. The molecule has 1 fully saturated rings. The van der Waals surface area contributed by atoms with Crippen molar-refractivity contribution in [2.24, 2.45) is 0 Å². The number of nitrogens with two attached hydrogens (primary N) is 1. The number of amides is 2. The highest BCUT2D eigenvalue weighted by atomic mass is 35.5. The van der Waals surface area contributed by atoms with Crippen LogP contribution in [0.3, 0.4) is 0 Å². The Labute approximate surface area is 256 Å². The van der Waals surface area contributed by atoms with Crippen molar-refractivity contribution in [3.05, 3.63) is 53.1 Å². The summed E-state index contributed by atoms with van der Waals surface area (Å²) in [4.78, 5) is 33.0. The normalized spacial score (nSPS) is 16.8. The van der Waals surface area contributed by atoms with Gasteiger partial charge in [-0.3, -0.25) is 9.59 Å². The predicted octanol–water partition coefficient (Wildman–Crippen LogP) is 4.57. The summed E-state index contributed by atoms with van der Waals surface area (Å²) < 4.78 is 31.3. The summed E-state index contributed by atoms with van der Waals surface area (Å²) in [6.45, 7) is 4.71. The number of rotatable bonds is 10. The van der Waals surface area contributed by atoms with Crippen molar-refractivity contribution >= 4 is 62.2 Å². The maximum atomic E-state index is 13.0. The van der Waals surface area contributed by atoms with Crippen LogP contribution in [0.2, 0.25) is 5.02 Å². The summed E-state index contributed by atoms with van der Waals surface area (Å²) in [6, 6.07) is 11.5. The van der Waals surface area contributed by atoms with Crippen molar-refractivity contribution in [2.45, 2.75) is 68.7 Å². The predicted molar refractivity (Wildman–Crippen MR) is 167 cm³/mol. The molecule has 3 aromatic rings. The molecule has 2 aromatic carbocycles. The van der Waals surface area contributed by atoms with Crippen molar-refractivity contribution in [3.63, 3.8) is 0 Å². The Morgan fingerprint density at radius 3 is 2.26 bits per heavy atom. The van der Waals surface area contributed by atoms with Gasteiger partial charge in [0.2, 0.25) is 11.9 Å². The van der Waals surface area contributed by atoms with Crippen molar-refractivity contribution in [3.8, 4) is 5.75 Å². The lowest BCUT2D eigenvalue weighted by Gasteiger charge is -2.29. The van der Waals surface area contributed by atoms with Crippen molar-refractivity contribution in [1.82, 2.24) is 20.6 Å². The van der Waals surface area contributed by atoms with E-state index in [4.69, 9.17) is 22.1 Å². The smallest absolute Gasteiger partial charge is 0.251 e. The van der Waals surface area contributed by atoms with Crippen molar-refractivity contribution in [1.29, 1.82) is 0 Å². The fourth-order valence-corrected chi connectivity index (χ4v) is 6.13. The number of carbonyl (C=O) groups excluding carboxylic acids is 2. The first-order chi connectivity index (χ1) is 20.4. The van der Waals surface area contributed by atoms with E-state index in [-0.39, 0.29) is 51.4 Å². The summed E-state index contributed by atoms with van der Waals surface area (Å²) in [5.41, 5.74) is 7.23. The van der Waals surface area contributed by atoms with Crippen LogP contribution in [0.15, 0.2) is 47.4 Å². The van der Waals surface area contributed by atoms with E-state index in [2.05, 4.69) is 31.2 Å². The van der Waals surface area contributed by atoms with Gasteiger partial charge in [-0.05, 0) is 69.9 Å². The van der Waals surface area contributed by atoms with Crippen LogP contribution in [0.1, 0.15) is 56.8 Å². The standard InChI is InChI=1S/C29H36ClN7O5S/c1-16(2)43(40,41)24-8-6-5-7-22(24)34-27-25(30)26(31)36-29(37-27)35-21-14-9-18(15-23(21)42-4)28(39)33-20-12-10-19(11-13-20)32-17(3)38/h5-9,14-16,19-20H,10-13H2,1-4H3,(H,32,38)(H,33,39)(H4,31,34,35,36,37)/t19-,20-. The Kier molecular flexibility index (Phi) is 9.97. The molecule has 6 N–H and O–H groups in total. The number of ether oxygens (including phenoxy) is 1. The third kappa shape index (κ3) is 7.65. The van der Waals surface area contributed by atoms with Crippen molar-refractivity contribution in [2.75, 3.05) is 23.5 Å². The number of nitrogens with zero attached hydrogens (tertiary/aromatic N) is 2. The minimum Gasteiger partial charge on any atom is -0.495 e. The third-order valence-electron chi connectivity index (χ3n) is 7.12. The first-order valence-electron chi connectivity index (χ1n) is 13.8. The molecule has 1 heterocycles. The molecule has 0 radical (unpaired) electrons. The van der Waals surface area contributed by atoms with Gasteiger partial charge in [-0.2, -0.15) is 9.97 Å². The van der Waals surface area contributed by atoms with E-state index in [1.165, 1.54) is 20.1 Å². The van der Waals surface area contributed by atoms with Gasteiger partial charge >= 0.3 is 0 Å². The third-order valence-corrected chi connectivity index (χ3v) is 9.71. The van der Waals surface area contributed by atoms with Gasteiger partial charge in [-0.15, -0.1) is 0 Å². The number of nitrogen functional groups attached to an aromatic ring is 1. The van der Waals surface area contributed by atoms with Gasteiger partial charge in [0.05, 0.1) is 28.6 Å². The molecule has 230 valence electrons. The summed E-state index contributed by atoms with van der Waals surface area (Å²) >= 11 is 6.39. The number of anilines is 5. The van der Waals surface area contributed by atoms with Crippen LogP contribution in [0.25, 0.3) is 0 Å². The van der Waals surface area contributed by atoms with Gasteiger partial charge in [-0.1, -0.05) is 23.7 Å². The van der Waals surface area contributed by atoms with Gasteiger partial charge < -0.3 is 31.7 Å². The summed E-state index contributed by atoms with van der Waals surface area (Å²) in [5.74, 6) is 0.221. The lowest BCUT2D eigenvalue weighted by molar-refractivity contribution is -0.119. The maximum Gasteiger partial charge on any atom is 0.251 e. The molecular weight excluding hydrogens is 594 g/mol. The molecule has 43 heavy (non-hydrogen) atoms. The van der Waals surface area contributed by atoms with E-state index in [1.54, 1.807) is 50.2 Å². The largest absolute Gasteiger partial charge is 0.495 e. The number of hydrogen-bond donors (Lipinski definition) is 5. The Morgan fingerprint density at radius 1 is 0.977 bits per heavy atom. The van der Waals surface area contributed by atoms with Crippen LogP contribution < -0.4 is 31.7 Å². The molecular formula is C29H36ClN7O5S. The average molecular weight is 630 g/mol. The zero-order valence-electron chi connectivity index (χ0n) is 24.4. The molecule has 14 heteroatoms. The monoisotopic (exact) mass is 629 g/mol. The van der Waals surface area contributed by atoms with Crippen LogP contribution in [0.4, 0.5) is 29.0 Å². The molecule has 4 rings (SSSR count). The van der Waals surface area contributed by atoms with Crippen LogP contribution in [0, 0.1) is 0 Å². The van der Waals surface area contributed by atoms with Crippen LogP contribution in [-0.4, -0.2) is 54.6 Å². The zero-order valence-corrected chi connectivity index (χ0v) is 26.0. The fraction of sp³-hybridized carbons (Fsp3) is 0.379. The molecule has 0 bridgehead atoms. The first-order valence-corrected chi connectivity index (χ1v) is 15.8. The Morgan fingerprint density at radius 2 is 1.63 bits per heavy atom. The van der Waals surface area contributed by atoms with E-state index >= 15 is 0 Å². The number of sulfone groups is 1. The Balaban J connectivity index is 1.51. The molecule has 1 aromatic heterocycles. The molecule has 1 aliphatic rings. The summed E-state index contributed by atoms with van der Waals surface area (Å²) in [7, 11) is -2.13. The second-order valence-corrected chi connectivity index (χ2v) is 13.4. The van der Waals surface area contributed by atoms with Gasteiger partial charge in [0.1, 0.15) is 16.6 Å². The number of halogens is 1. The van der Waals surface area contributed by atoms with Crippen molar-refractivity contribution < 1.29 is 22.7 Å². The lowest BCUT2D eigenvalue weighted by Crippen LogP contribution is -2.43. The van der Waals surface area contributed by atoms with Crippen LogP contribution >= 0.6 is 11.6 Å². The summed E-state index contributed by atoms with van der Waals surface area (Å²) in [6.07, 6.45) is 3.15. The van der Waals surface area contributed by atoms with Gasteiger partial charge in [0.25, 0.3) is 5.91 Å². The first kappa shape index (κ1) is 31.8. The maximum absolute atomic E-state index is 13.0. The fourth-order valence-electron chi connectivity index (χ4n) is 4.80. The number of aromatic nitrogens is 2. The lowest BCUT2D eigenvalue weighted by atomic mass is 9.91. The van der Waals surface area contributed by atoms with E-state index in [0.29, 0.717) is 22.7 Å². The molecule has 1 aliphatic carbocycles. The second-order valence-electron chi connectivity index (χ2n) is 10.6. The minimum atomic E-state index is -3.61. The Hall–Kier alpha value is -4.10. The highest BCUT2D eigenvalue weighted by Crippen LogP contribution is 2.34. The number of hydrogen-bond acceptors (Lipinski definition) is 10. The molecule has 0 aliphatic heterocycles. The zero-order chi connectivity index (χ0) is 31.3. The number of nitrogens with one attached hydrogen (secondary N) is 4. The summed E-state index contributed by atoms with van der Waals surface area (Å²) in [5, 5.41) is 11.4. The van der Waals surface area contributed by atoms with Gasteiger partial charge in [0, 0.05) is 24.6 Å². The number of methoxy groups -OCH3 is 1. The van der Waals surface area contributed by atoms with Crippen LogP contribution in [-0.2, 0) is 14.6 Å². The highest BCUT2D eigenvalue weighted by Gasteiger charge is 2.25. The Bertz CT molecular complexity index is 1610. The van der Waals surface area contributed by atoms with E-state index in [1.807, 2.05) is 0 Å². The van der Waals surface area contributed by atoms with E-state index in [9.17, 15) is 18.0 Å². The molecule has 2 amide bonds.